The first-order valence-electron chi connectivity index (χ1n) is 19.1. The fourth-order valence-corrected chi connectivity index (χ4v) is 10.4. The largest absolute Gasteiger partial charge is 0.292 e. The lowest BCUT2D eigenvalue weighted by atomic mass is 9.85. The van der Waals surface area contributed by atoms with Crippen LogP contribution in [0.2, 0.25) is 0 Å². The predicted molar refractivity (Wildman–Crippen MR) is 232 cm³/mol. The molecular formula is C51H33N3S. The number of hydrogen-bond donors (Lipinski definition) is 0. The maximum atomic E-state index is 5.48. The zero-order valence-electron chi connectivity index (χ0n) is 29.9. The van der Waals surface area contributed by atoms with Crippen LogP contribution in [0.1, 0.15) is 29.0 Å². The molecule has 0 N–H and O–H groups in total. The number of para-hydroxylation sites is 2. The Balaban J connectivity index is 1.14. The second-order valence-electron chi connectivity index (χ2n) is 14.8. The van der Waals surface area contributed by atoms with E-state index in [0.717, 1.165) is 52.0 Å². The van der Waals surface area contributed by atoms with Crippen molar-refractivity contribution in [3.05, 3.63) is 187 Å². The van der Waals surface area contributed by atoms with Crippen molar-refractivity contribution in [3.8, 4) is 28.2 Å². The summed E-state index contributed by atoms with van der Waals surface area (Å²) in [5.41, 5.74) is 12.9. The number of benzene rings is 8. The molecule has 3 heterocycles. The summed E-state index contributed by atoms with van der Waals surface area (Å²) in [7, 11) is 0. The molecule has 8 aromatic carbocycles. The van der Waals surface area contributed by atoms with Crippen LogP contribution >= 0.6 is 11.3 Å². The van der Waals surface area contributed by atoms with E-state index < -0.39 is 0 Å². The normalized spacial score (nSPS) is 14.2. The summed E-state index contributed by atoms with van der Waals surface area (Å²) in [4.78, 5) is 10.9. The highest BCUT2D eigenvalue weighted by atomic mass is 32.1. The SMILES string of the molecule is c1ccc2c(c1)CCC(c1ccc3c(c1)c1c4ccccc4ccc1n3-c1nc3ccccc3nc1-c1ccc3sc4ccccc4c3c1)c1ccccc1-2. The Morgan fingerprint density at radius 3 is 2.18 bits per heavy atom. The van der Waals surface area contributed by atoms with Gasteiger partial charge in [0.25, 0.3) is 0 Å². The standard InChI is InChI=1S/C51H33N3S/c1-3-13-35-31(11-1)21-25-36(39-16-6-5-15-38(35)39)33-23-26-45-42(29-33)49-37-14-4-2-12-32(37)22-27-46(49)54(45)51-50(52-43-18-8-9-19-44(43)53-51)34-24-28-48-41(30-34)40-17-7-10-20-47(40)55-48/h1-20,22-24,26-30,36H,21,25H2. The molecule has 3 nitrogen and oxygen atoms in total. The Bertz CT molecular complexity index is 3350. The molecule has 0 saturated carbocycles. The van der Waals surface area contributed by atoms with E-state index in [1.165, 1.54) is 69.5 Å². The Morgan fingerprint density at radius 2 is 1.25 bits per heavy atom. The Morgan fingerprint density at radius 1 is 0.527 bits per heavy atom. The van der Waals surface area contributed by atoms with Gasteiger partial charge in [-0.25, -0.2) is 9.97 Å². The van der Waals surface area contributed by atoms with E-state index in [1.54, 1.807) is 0 Å². The Hall–Kier alpha value is -6.62. The Labute approximate surface area is 321 Å². The van der Waals surface area contributed by atoms with Crippen LogP contribution in [0.4, 0.5) is 0 Å². The lowest BCUT2D eigenvalue weighted by Gasteiger charge is -2.19. The molecule has 1 aliphatic rings. The Kier molecular flexibility index (Phi) is 6.69. The molecule has 0 fully saturated rings. The van der Waals surface area contributed by atoms with Gasteiger partial charge >= 0.3 is 0 Å². The molecule has 0 amide bonds. The van der Waals surface area contributed by atoms with Crippen LogP contribution in [0.15, 0.2) is 170 Å². The van der Waals surface area contributed by atoms with Crippen LogP contribution in [0.25, 0.3) is 92.0 Å². The number of rotatable bonds is 3. The molecule has 1 unspecified atom stereocenters. The first-order valence-corrected chi connectivity index (χ1v) is 19.9. The third-order valence-electron chi connectivity index (χ3n) is 11.8. The third-order valence-corrected chi connectivity index (χ3v) is 13.0. The van der Waals surface area contributed by atoms with Crippen molar-refractivity contribution in [1.29, 1.82) is 0 Å². The highest BCUT2D eigenvalue weighted by molar-refractivity contribution is 7.25. The molecule has 4 heteroatoms. The van der Waals surface area contributed by atoms with Crippen LogP contribution in [-0.4, -0.2) is 14.5 Å². The quantitative estimate of drug-likeness (QED) is 0.182. The van der Waals surface area contributed by atoms with Gasteiger partial charge in [-0.05, 0) is 100.0 Å². The molecular weight excluding hydrogens is 687 g/mol. The summed E-state index contributed by atoms with van der Waals surface area (Å²) in [6.07, 6.45) is 2.09. The summed E-state index contributed by atoms with van der Waals surface area (Å²) in [5.74, 6) is 1.11. The maximum Gasteiger partial charge on any atom is 0.165 e. The van der Waals surface area contributed by atoms with Gasteiger partial charge in [0.05, 0.1) is 22.1 Å². The molecule has 11 aromatic rings. The van der Waals surface area contributed by atoms with Gasteiger partial charge in [-0.2, -0.15) is 0 Å². The highest BCUT2D eigenvalue weighted by Crippen LogP contribution is 2.45. The summed E-state index contributed by atoms with van der Waals surface area (Å²) in [6.45, 7) is 0. The van der Waals surface area contributed by atoms with Gasteiger partial charge in [-0.3, -0.25) is 4.57 Å². The third kappa shape index (κ3) is 4.68. The summed E-state index contributed by atoms with van der Waals surface area (Å²) in [6, 6.07) is 62.3. The summed E-state index contributed by atoms with van der Waals surface area (Å²) in [5, 5.41) is 7.50. The topological polar surface area (TPSA) is 30.7 Å². The first-order chi connectivity index (χ1) is 27.3. The number of nitrogens with zero attached hydrogens (tertiary/aromatic N) is 3. The number of hydrogen-bond acceptors (Lipinski definition) is 3. The minimum absolute atomic E-state index is 0.268. The smallest absolute Gasteiger partial charge is 0.165 e. The predicted octanol–water partition coefficient (Wildman–Crippen LogP) is 13.7. The molecule has 0 radical (unpaired) electrons. The molecule has 258 valence electrons. The summed E-state index contributed by atoms with van der Waals surface area (Å²) >= 11 is 1.84. The average Bonchev–Trinajstić information content (AvgIpc) is 3.73. The van der Waals surface area contributed by atoms with Crippen LogP contribution in [0.5, 0.6) is 0 Å². The number of thiophene rings is 1. The van der Waals surface area contributed by atoms with Gasteiger partial charge in [0.2, 0.25) is 0 Å². The van der Waals surface area contributed by atoms with Crippen LogP contribution < -0.4 is 0 Å². The fraction of sp³-hybridized carbons (Fsp3) is 0.0588. The second kappa shape index (κ2) is 11.9. The van der Waals surface area contributed by atoms with E-state index in [9.17, 15) is 0 Å². The van der Waals surface area contributed by atoms with Crippen LogP contribution in [0.3, 0.4) is 0 Å². The van der Waals surface area contributed by atoms with Gasteiger partial charge in [-0.1, -0.05) is 121 Å². The van der Waals surface area contributed by atoms with Gasteiger partial charge in [-0.15, -0.1) is 11.3 Å². The van der Waals surface area contributed by atoms with E-state index >= 15 is 0 Å². The fourth-order valence-electron chi connectivity index (χ4n) is 9.32. The monoisotopic (exact) mass is 719 g/mol. The molecule has 0 bridgehead atoms. The van der Waals surface area contributed by atoms with Gasteiger partial charge in [0.1, 0.15) is 5.69 Å². The van der Waals surface area contributed by atoms with Crippen molar-refractivity contribution < 1.29 is 0 Å². The minimum Gasteiger partial charge on any atom is -0.292 e. The van der Waals surface area contributed by atoms with Gasteiger partial charge < -0.3 is 0 Å². The molecule has 3 aromatic heterocycles. The van der Waals surface area contributed by atoms with Crippen molar-refractivity contribution in [3.63, 3.8) is 0 Å². The van der Waals surface area contributed by atoms with Crippen molar-refractivity contribution in [2.75, 3.05) is 0 Å². The van der Waals surface area contributed by atoms with E-state index in [2.05, 4.69) is 168 Å². The molecule has 12 rings (SSSR count). The number of aromatic nitrogens is 3. The number of aryl methyl sites for hydroxylation is 1. The lowest BCUT2D eigenvalue weighted by Crippen LogP contribution is -2.04. The van der Waals surface area contributed by atoms with E-state index in [-0.39, 0.29) is 5.92 Å². The van der Waals surface area contributed by atoms with Crippen molar-refractivity contribution in [2.45, 2.75) is 18.8 Å². The van der Waals surface area contributed by atoms with Crippen LogP contribution in [-0.2, 0) is 6.42 Å². The van der Waals surface area contributed by atoms with E-state index in [1.807, 2.05) is 17.4 Å². The number of fused-ring (bicyclic) bond motifs is 12. The lowest BCUT2D eigenvalue weighted by molar-refractivity contribution is 0.727. The molecule has 0 aliphatic heterocycles. The summed E-state index contributed by atoms with van der Waals surface area (Å²) < 4.78 is 4.95. The zero-order valence-corrected chi connectivity index (χ0v) is 30.7. The molecule has 55 heavy (non-hydrogen) atoms. The molecule has 1 aliphatic carbocycles. The van der Waals surface area contributed by atoms with E-state index in [4.69, 9.17) is 9.97 Å². The van der Waals surface area contributed by atoms with Crippen LogP contribution in [0, 0.1) is 0 Å². The van der Waals surface area contributed by atoms with Crippen molar-refractivity contribution >= 4 is 75.1 Å². The molecule has 1 atom stereocenters. The second-order valence-corrected chi connectivity index (χ2v) is 15.9. The van der Waals surface area contributed by atoms with Gasteiger partial charge in [0, 0.05) is 42.4 Å². The van der Waals surface area contributed by atoms with Crippen molar-refractivity contribution in [1.82, 2.24) is 14.5 Å². The van der Waals surface area contributed by atoms with E-state index in [0.29, 0.717) is 0 Å². The first kappa shape index (κ1) is 30.8. The van der Waals surface area contributed by atoms with Crippen molar-refractivity contribution in [2.24, 2.45) is 0 Å². The molecule has 0 saturated heterocycles. The van der Waals surface area contributed by atoms with Gasteiger partial charge in [0.15, 0.2) is 5.82 Å². The zero-order chi connectivity index (χ0) is 36.0. The minimum atomic E-state index is 0.268. The average molecular weight is 720 g/mol. The maximum absolute atomic E-state index is 5.48. The molecule has 0 spiro atoms. The highest BCUT2D eigenvalue weighted by Gasteiger charge is 2.26.